The Bertz CT molecular complexity index is 1330. The van der Waals surface area contributed by atoms with Crippen molar-refractivity contribution in [2.24, 2.45) is 5.10 Å². The van der Waals surface area contributed by atoms with Crippen LogP contribution in [-0.4, -0.2) is 28.9 Å². The Morgan fingerprint density at radius 1 is 1.19 bits per heavy atom. The molecule has 0 bridgehead atoms. The highest BCUT2D eigenvalue weighted by molar-refractivity contribution is 6.32. The number of phenolic OH excluding ortho intramolecular Hbond substituents is 1. The van der Waals surface area contributed by atoms with Crippen molar-refractivity contribution in [2.75, 3.05) is 7.11 Å². The average molecular weight is 448 g/mol. The Kier molecular flexibility index (Phi) is 6.14. The number of benzene rings is 3. The number of hydrogen-bond donors (Lipinski definition) is 2. The zero-order valence-electron chi connectivity index (χ0n) is 17.7. The van der Waals surface area contributed by atoms with Crippen molar-refractivity contribution in [3.05, 3.63) is 94.1 Å². The smallest absolute Gasteiger partial charge is 0.271 e. The highest BCUT2D eigenvalue weighted by Crippen LogP contribution is 2.24. The standard InChI is InChI=1S/C25H22ClN3O3/c1-16-12-17(6-9-24(16)32-2)15-29-11-10-20-19(4-3-5-22(20)29)14-27-28-25(31)18-7-8-23(30)21(26)13-18/h3-14,30H,15H2,1-2H3,(H,28,31). The van der Waals surface area contributed by atoms with Crippen LogP contribution < -0.4 is 10.2 Å². The van der Waals surface area contributed by atoms with Crippen molar-refractivity contribution in [2.45, 2.75) is 13.5 Å². The fourth-order valence-corrected chi connectivity index (χ4v) is 3.79. The van der Waals surface area contributed by atoms with Crippen LogP contribution in [-0.2, 0) is 6.54 Å². The first-order valence-electron chi connectivity index (χ1n) is 9.99. The maximum atomic E-state index is 12.3. The molecule has 0 fully saturated rings. The van der Waals surface area contributed by atoms with Crippen molar-refractivity contribution in [1.29, 1.82) is 0 Å². The van der Waals surface area contributed by atoms with Gasteiger partial charge < -0.3 is 14.4 Å². The van der Waals surface area contributed by atoms with Crippen molar-refractivity contribution in [3.8, 4) is 11.5 Å². The molecule has 162 valence electrons. The van der Waals surface area contributed by atoms with E-state index in [2.05, 4.69) is 33.3 Å². The fourth-order valence-electron chi connectivity index (χ4n) is 3.61. The molecule has 32 heavy (non-hydrogen) atoms. The Morgan fingerprint density at radius 3 is 2.78 bits per heavy atom. The first-order chi connectivity index (χ1) is 15.5. The summed E-state index contributed by atoms with van der Waals surface area (Å²) < 4.78 is 7.52. The molecule has 0 aliphatic rings. The minimum absolute atomic E-state index is 0.0762. The van der Waals surface area contributed by atoms with Gasteiger partial charge in [-0.2, -0.15) is 5.10 Å². The van der Waals surface area contributed by atoms with E-state index in [1.165, 1.54) is 23.8 Å². The number of carbonyl (C=O) groups excluding carboxylic acids is 1. The summed E-state index contributed by atoms with van der Waals surface area (Å²) in [5.74, 6) is 0.386. The minimum Gasteiger partial charge on any atom is -0.506 e. The van der Waals surface area contributed by atoms with Crippen molar-refractivity contribution >= 4 is 34.6 Å². The molecular weight excluding hydrogens is 426 g/mol. The van der Waals surface area contributed by atoms with Gasteiger partial charge in [-0.05, 0) is 54.4 Å². The number of hydrazone groups is 1. The number of halogens is 1. The summed E-state index contributed by atoms with van der Waals surface area (Å²) in [4.78, 5) is 12.3. The Labute approximate surface area is 190 Å². The summed E-state index contributed by atoms with van der Waals surface area (Å²) in [6.07, 6.45) is 3.66. The van der Waals surface area contributed by atoms with E-state index in [0.717, 1.165) is 34.3 Å². The molecule has 0 saturated heterocycles. The van der Waals surface area contributed by atoms with Gasteiger partial charge in [-0.15, -0.1) is 0 Å². The molecule has 7 heteroatoms. The van der Waals surface area contributed by atoms with Gasteiger partial charge in [0.1, 0.15) is 11.5 Å². The van der Waals surface area contributed by atoms with Crippen molar-refractivity contribution in [3.63, 3.8) is 0 Å². The van der Waals surface area contributed by atoms with Crippen LogP contribution in [0.1, 0.15) is 27.0 Å². The number of aromatic nitrogens is 1. The third kappa shape index (κ3) is 4.45. The lowest BCUT2D eigenvalue weighted by Crippen LogP contribution is -2.17. The second-order valence-electron chi connectivity index (χ2n) is 7.39. The highest BCUT2D eigenvalue weighted by Gasteiger charge is 2.09. The van der Waals surface area contributed by atoms with Crippen LogP contribution in [0, 0.1) is 6.92 Å². The van der Waals surface area contributed by atoms with Gasteiger partial charge in [0.15, 0.2) is 0 Å². The van der Waals surface area contributed by atoms with E-state index in [4.69, 9.17) is 16.3 Å². The lowest BCUT2D eigenvalue weighted by atomic mass is 10.1. The van der Waals surface area contributed by atoms with Gasteiger partial charge in [-0.3, -0.25) is 4.79 Å². The average Bonchev–Trinajstić information content (AvgIpc) is 3.19. The molecule has 3 aromatic carbocycles. The molecule has 4 rings (SSSR count). The summed E-state index contributed by atoms with van der Waals surface area (Å²) >= 11 is 5.86. The number of aromatic hydroxyl groups is 1. The van der Waals surface area contributed by atoms with Gasteiger partial charge in [-0.25, -0.2) is 5.43 Å². The lowest BCUT2D eigenvalue weighted by molar-refractivity contribution is 0.0955. The quantitative estimate of drug-likeness (QED) is 0.318. The zero-order chi connectivity index (χ0) is 22.7. The number of fused-ring (bicyclic) bond motifs is 1. The number of aryl methyl sites for hydroxylation is 1. The molecule has 1 aromatic heterocycles. The number of phenols is 1. The normalized spacial score (nSPS) is 11.2. The highest BCUT2D eigenvalue weighted by atomic mass is 35.5. The van der Waals surface area contributed by atoms with E-state index in [0.29, 0.717) is 5.56 Å². The van der Waals surface area contributed by atoms with E-state index in [-0.39, 0.29) is 10.8 Å². The molecule has 0 aliphatic heterocycles. The van der Waals surface area contributed by atoms with Crippen molar-refractivity contribution < 1.29 is 14.6 Å². The third-order valence-corrected chi connectivity index (χ3v) is 5.54. The first kappa shape index (κ1) is 21.5. The topological polar surface area (TPSA) is 75.8 Å². The predicted octanol–water partition coefficient (Wildman–Crippen LogP) is 5.13. The predicted molar refractivity (Wildman–Crippen MR) is 127 cm³/mol. The molecule has 0 unspecified atom stereocenters. The minimum atomic E-state index is -0.414. The molecule has 0 radical (unpaired) electrons. The molecular formula is C25H22ClN3O3. The maximum absolute atomic E-state index is 12.3. The second-order valence-corrected chi connectivity index (χ2v) is 7.80. The Hall–Kier alpha value is -3.77. The number of ether oxygens (including phenoxy) is 1. The van der Waals surface area contributed by atoms with Crippen LogP contribution in [0.5, 0.6) is 11.5 Å². The van der Waals surface area contributed by atoms with Gasteiger partial charge in [-0.1, -0.05) is 35.9 Å². The molecule has 6 nitrogen and oxygen atoms in total. The van der Waals surface area contributed by atoms with E-state index in [1.54, 1.807) is 13.3 Å². The van der Waals surface area contributed by atoms with Crippen molar-refractivity contribution in [1.82, 2.24) is 9.99 Å². The molecule has 2 N–H and O–H groups in total. The summed E-state index contributed by atoms with van der Waals surface area (Å²) in [6, 6.07) is 18.4. The van der Waals surface area contributed by atoms with E-state index < -0.39 is 5.91 Å². The van der Waals surface area contributed by atoms with Gasteiger partial charge in [0.05, 0.1) is 18.3 Å². The van der Waals surface area contributed by atoms with E-state index >= 15 is 0 Å². The molecule has 0 saturated carbocycles. The van der Waals surface area contributed by atoms with Gasteiger partial charge in [0.2, 0.25) is 0 Å². The second kappa shape index (κ2) is 9.16. The van der Waals surface area contributed by atoms with Crippen LogP contribution in [0.15, 0.2) is 72.0 Å². The SMILES string of the molecule is COc1ccc(Cn2ccc3c(C=NNC(=O)c4ccc(O)c(Cl)c4)cccc32)cc1C. The summed E-state index contributed by atoms with van der Waals surface area (Å²) in [5, 5.41) is 14.7. The monoisotopic (exact) mass is 447 g/mol. The number of nitrogens with one attached hydrogen (secondary N) is 1. The maximum Gasteiger partial charge on any atom is 0.271 e. The summed E-state index contributed by atoms with van der Waals surface area (Å²) in [6.45, 7) is 2.76. The summed E-state index contributed by atoms with van der Waals surface area (Å²) in [5.41, 5.74) is 7.03. The van der Waals surface area contributed by atoms with Crippen LogP contribution in [0.4, 0.5) is 0 Å². The van der Waals surface area contributed by atoms with Crippen LogP contribution in [0.25, 0.3) is 10.9 Å². The van der Waals surface area contributed by atoms with Crippen LogP contribution >= 0.6 is 11.6 Å². The molecule has 4 aromatic rings. The number of nitrogens with zero attached hydrogens (tertiary/aromatic N) is 2. The molecule has 1 heterocycles. The van der Waals surface area contributed by atoms with E-state index in [1.807, 2.05) is 37.4 Å². The fraction of sp³-hybridized carbons (Fsp3) is 0.120. The van der Waals surface area contributed by atoms with Gasteiger partial charge in [0.25, 0.3) is 5.91 Å². The number of carbonyl (C=O) groups is 1. The van der Waals surface area contributed by atoms with Crippen LogP contribution in [0.2, 0.25) is 5.02 Å². The number of methoxy groups -OCH3 is 1. The number of rotatable bonds is 6. The van der Waals surface area contributed by atoms with Gasteiger partial charge >= 0.3 is 0 Å². The number of hydrogen-bond acceptors (Lipinski definition) is 4. The van der Waals surface area contributed by atoms with Crippen LogP contribution in [0.3, 0.4) is 0 Å². The largest absolute Gasteiger partial charge is 0.506 e. The zero-order valence-corrected chi connectivity index (χ0v) is 18.4. The molecule has 0 atom stereocenters. The third-order valence-electron chi connectivity index (χ3n) is 5.24. The Balaban J connectivity index is 1.52. The lowest BCUT2D eigenvalue weighted by Gasteiger charge is -2.10. The number of amides is 1. The van der Waals surface area contributed by atoms with Gasteiger partial charge in [0, 0.05) is 34.8 Å². The molecule has 0 spiro atoms. The Morgan fingerprint density at radius 2 is 2.03 bits per heavy atom. The first-order valence-corrected chi connectivity index (χ1v) is 10.4. The van der Waals surface area contributed by atoms with E-state index in [9.17, 15) is 9.90 Å². The molecule has 0 aliphatic carbocycles. The molecule has 1 amide bonds. The summed E-state index contributed by atoms with van der Waals surface area (Å²) in [7, 11) is 1.67.